The van der Waals surface area contributed by atoms with Gasteiger partial charge in [-0.1, -0.05) is 5.10 Å². The summed E-state index contributed by atoms with van der Waals surface area (Å²) >= 11 is 0. The van der Waals surface area contributed by atoms with Gasteiger partial charge in [-0.2, -0.15) is 0 Å². The number of methoxy groups -OCH3 is 1. The van der Waals surface area contributed by atoms with Gasteiger partial charge in [-0.05, 0) is 39.5 Å². The standard InChI is InChI=1S/C14H26N4O2/c1-14(2,3)15-9-12-16-17-13(20-12)18-7-5-11(6-8-18)10-19-4/h11,15H,5-10H2,1-4H3. The van der Waals surface area contributed by atoms with Gasteiger partial charge in [0.05, 0.1) is 6.54 Å². The van der Waals surface area contributed by atoms with Crippen molar-refractivity contribution in [2.24, 2.45) is 5.92 Å². The summed E-state index contributed by atoms with van der Waals surface area (Å²) in [5, 5.41) is 11.6. The fourth-order valence-corrected chi connectivity index (χ4v) is 2.31. The number of anilines is 1. The summed E-state index contributed by atoms with van der Waals surface area (Å²) in [5.74, 6) is 1.30. The molecular formula is C14H26N4O2. The van der Waals surface area contributed by atoms with Crippen LogP contribution in [0.1, 0.15) is 39.5 Å². The summed E-state index contributed by atoms with van der Waals surface area (Å²) in [7, 11) is 1.76. The molecule has 20 heavy (non-hydrogen) atoms. The van der Waals surface area contributed by atoms with Gasteiger partial charge in [-0.25, -0.2) is 0 Å². The van der Waals surface area contributed by atoms with Gasteiger partial charge >= 0.3 is 6.01 Å². The molecule has 6 heteroatoms. The highest BCUT2D eigenvalue weighted by Crippen LogP contribution is 2.22. The van der Waals surface area contributed by atoms with Crippen LogP contribution >= 0.6 is 0 Å². The molecule has 0 saturated carbocycles. The molecule has 0 aliphatic carbocycles. The number of nitrogens with zero attached hydrogens (tertiary/aromatic N) is 3. The Labute approximate surface area is 120 Å². The Morgan fingerprint density at radius 2 is 2.00 bits per heavy atom. The van der Waals surface area contributed by atoms with Crippen molar-refractivity contribution in [2.45, 2.75) is 45.7 Å². The largest absolute Gasteiger partial charge is 0.407 e. The van der Waals surface area contributed by atoms with Gasteiger partial charge in [-0.15, -0.1) is 5.10 Å². The Morgan fingerprint density at radius 1 is 1.30 bits per heavy atom. The molecule has 114 valence electrons. The predicted octanol–water partition coefficient (Wildman–Crippen LogP) is 1.82. The van der Waals surface area contributed by atoms with Crippen molar-refractivity contribution in [3.8, 4) is 0 Å². The minimum atomic E-state index is 0.0487. The topological polar surface area (TPSA) is 63.4 Å². The van der Waals surface area contributed by atoms with E-state index in [4.69, 9.17) is 9.15 Å². The molecule has 1 aliphatic rings. The molecule has 1 aromatic rings. The minimum Gasteiger partial charge on any atom is -0.407 e. The number of ether oxygens (including phenoxy) is 1. The van der Waals surface area contributed by atoms with Crippen molar-refractivity contribution in [2.75, 3.05) is 31.7 Å². The lowest BCUT2D eigenvalue weighted by Crippen LogP contribution is -2.35. The van der Waals surface area contributed by atoms with Crippen LogP contribution in [-0.4, -0.2) is 42.5 Å². The van der Waals surface area contributed by atoms with Crippen LogP contribution in [0, 0.1) is 5.92 Å². The van der Waals surface area contributed by atoms with E-state index in [1.807, 2.05) is 0 Å². The monoisotopic (exact) mass is 282 g/mol. The van der Waals surface area contributed by atoms with E-state index in [9.17, 15) is 0 Å². The van der Waals surface area contributed by atoms with Crippen molar-refractivity contribution < 1.29 is 9.15 Å². The molecule has 0 aromatic carbocycles. The average molecular weight is 282 g/mol. The quantitative estimate of drug-likeness (QED) is 0.889. The van der Waals surface area contributed by atoms with E-state index in [0.717, 1.165) is 32.5 Å². The third-order valence-corrected chi connectivity index (χ3v) is 3.51. The van der Waals surface area contributed by atoms with Gasteiger partial charge in [-0.3, -0.25) is 0 Å². The van der Waals surface area contributed by atoms with Gasteiger partial charge < -0.3 is 19.4 Å². The number of rotatable bonds is 5. The van der Waals surface area contributed by atoms with Crippen LogP contribution in [0.2, 0.25) is 0 Å². The molecule has 0 spiro atoms. The van der Waals surface area contributed by atoms with E-state index in [1.54, 1.807) is 7.11 Å². The van der Waals surface area contributed by atoms with Crippen molar-refractivity contribution in [3.63, 3.8) is 0 Å². The molecule has 6 nitrogen and oxygen atoms in total. The van der Waals surface area contributed by atoms with Gasteiger partial charge in [0, 0.05) is 32.3 Å². The molecule has 0 atom stereocenters. The van der Waals surface area contributed by atoms with Crippen molar-refractivity contribution in [1.82, 2.24) is 15.5 Å². The van der Waals surface area contributed by atoms with E-state index in [1.165, 1.54) is 0 Å². The summed E-state index contributed by atoms with van der Waals surface area (Å²) in [6.45, 7) is 9.72. The normalized spacial score (nSPS) is 17.7. The average Bonchev–Trinajstić information content (AvgIpc) is 2.86. The lowest BCUT2D eigenvalue weighted by molar-refractivity contribution is 0.138. The first-order valence-electron chi connectivity index (χ1n) is 7.29. The Bertz CT molecular complexity index is 406. The molecule has 1 N–H and O–H groups in total. The van der Waals surface area contributed by atoms with Crippen molar-refractivity contribution in [3.05, 3.63) is 5.89 Å². The molecule has 1 saturated heterocycles. The Morgan fingerprint density at radius 3 is 2.60 bits per heavy atom. The number of nitrogens with one attached hydrogen (secondary N) is 1. The van der Waals surface area contributed by atoms with E-state index in [2.05, 4.69) is 41.2 Å². The van der Waals surface area contributed by atoms with E-state index < -0.39 is 0 Å². The van der Waals surface area contributed by atoms with E-state index in [-0.39, 0.29) is 5.54 Å². The third kappa shape index (κ3) is 4.45. The highest BCUT2D eigenvalue weighted by atomic mass is 16.5. The maximum atomic E-state index is 5.72. The third-order valence-electron chi connectivity index (χ3n) is 3.51. The zero-order valence-corrected chi connectivity index (χ0v) is 13.0. The zero-order valence-electron chi connectivity index (χ0n) is 13.0. The van der Waals surface area contributed by atoms with Crippen LogP contribution in [0.3, 0.4) is 0 Å². The number of piperidine rings is 1. The van der Waals surface area contributed by atoms with Crippen LogP contribution in [0.25, 0.3) is 0 Å². The SMILES string of the molecule is COCC1CCN(c2nnc(CNC(C)(C)C)o2)CC1. The number of hydrogen-bond donors (Lipinski definition) is 1. The molecule has 0 unspecified atom stereocenters. The second kappa shape index (κ2) is 6.54. The number of aromatic nitrogens is 2. The highest BCUT2D eigenvalue weighted by Gasteiger charge is 2.23. The van der Waals surface area contributed by atoms with Gasteiger partial charge in [0.2, 0.25) is 5.89 Å². The van der Waals surface area contributed by atoms with Crippen LogP contribution in [0.4, 0.5) is 6.01 Å². The molecule has 1 fully saturated rings. The summed E-state index contributed by atoms with van der Waals surface area (Å²) in [6.07, 6.45) is 2.23. The van der Waals surface area contributed by atoms with Crippen LogP contribution in [-0.2, 0) is 11.3 Å². The molecule has 0 radical (unpaired) electrons. The predicted molar refractivity (Wildman–Crippen MR) is 77.7 cm³/mol. The van der Waals surface area contributed by atoms with Crippen molar-refractivity contribution in [1.29, 1.82) is 0 Å². The molecule has 0 amide bonds. The second-order valence-corrected chi connectivity index (χ2v) is 6.47. The van der Waals surface area contributed by atoms with Gasteiger partial charge in [0.25, 0.3) is 0 Å². The molecule has 0 bridgehead atoms. The summed E-state index contributed by atoms with van der Waals surface area (Å²) < 4.78 is 10.9. The van der Waals surface area contributed by atoms with Crippen LogP contribution in [0.5, 0.6) is 0 Å². The first-order valence-corrected chi connectivity index (χ1v) is 7.29. The summed E-state index contributed by atoms with van der Waals surface area (Å²) in [5.41, 5.74) is 0.0487. The Hall–Kier alpha value is -1.14. The fourth-order valence-electron chi connectivity index (χ4n) is 2.31. The maximum Gasteiger partial charge on any atom is 0.318 e. The van der Waals surface area contributed by atoms with E-state index >= 15 is 0 Å². The lowest BCUT2D eigenvalue weighted by Gasteiger charge is -2.30. The van der Waals surface area contributed by atoms with Crippen LogP contribution in [0.15, 0.2) is 4.42 Å². The first kappa shape index (κ1) is 15.3. The summed E-state index contributed by atoms with van der Waals surface area (Å²) in [4.78, 5) is 2.17. The maximum absolute atomic E-state index is 5.72. The fraction of sp³-hybridized carbons (Fsp3) is 0.857. The van der Waals surface area contributed by atoms with Crippen molar-refractivity contribution >= 4 is 6.01 Å². The molecule has 1 aromatic heterocycles. The number of hydrogen-bond acceptors (Lipinski definition) is 6. The first-order chi connectivity index (χ1) is 9.48. The zero-order chi connectivity index (χ0) is 14.6. The highest BCUT2D eigenvalue weighted by molar-refractivity contribution is 5.24. The Kier molecular flexibility index (Phi) is 4.99. The van der Waals surface area contributed by atoms with Gasteiger partial charge in [0.15, 0.2) is 0 Å². The molecule has 1 aliphatic heterocycles. The smallest absolute Gasteiger partial charge is 0.318 e. The molecule has 2 heterocycles. The minimum absolute atomic E-state index is 0.0487. The molecular weight excluding hydrogens is 256 g/mol. The lowest BCUT2D eigenvalue weighted by atomic mass is 9.98. The second-order valence-electron chi connectivity index (χ2n) is 6.47. The molecule has 2 rings (SSSR count). The van der Waals surface area contributed by atoms with Crippen LogP contribution < -0.4 is 10.2 Å². The summed E-state index contributed by atoms with van der Waals surface area (Å²) in [6, 6.07) is 0.645. The van der Waals surface area contributed by atoms with E-state index in [0.29, 0.717) is 24.4 Å². The van der Waals surface area contributed by atoms with Gasteiger partial charge in [0.1, 0.15) is 0 Å². The Balaban J connectivity index is 1.84.